The van der Waals surface area contributed by atoms with Crippen molar-refractivity contribution in [3.63, 3.8) is 0 Å². The van der Waals surface area contributed by atoms with E-state index in [0.717, 1.165) is 32.1 Å². The summed E-state index contributed by atoms with van der Waals surface area (Å²) in [6, 6.07) is 6.37. The van der Waals surface area contributed by atoms with Gasteiger partial charge in [-0.05, 0) is 56.2 Å². The maximum Gasteiger partial charge on any atom is 0.338 e. The lowest BCUT2D eigenvalue weighted by Gasteiger charge is -2.32. The summed E-state index contributed by atoms with van der Waals surface area (Å²) in [6.45, 7) is 8.87. The molecule has 0 spiro atoms. The lowest BCUT2D eigenvalue weighted by Crippen LogP contribution is -2.32. The van der Waals surface area contributed by atoms with Gasteiger partial charge in [-0.15, -0.1) is 0 Å². The summed E-state index contributed by atoms with van der Waals surface area (Å²) in [4.78, 5) is 35.3. The first-order chi connectivity index (χ1) is 13.0. The largest absolute Gasteiger partial charge is 0.459 e. The van der Waals surface area contributed by atoms with Gasteiger partial charge < -0.3 is 9.47 Å². The second-order valence-corrected chi connectivity index (χ2v) is 6.68. The highest BCUT2D eigenvalue weighted by molar-refractivity contribution is 6.04. The van der Waals surface area contributed by atoms with Crippen LogP contribution in [0.3, 0.4) is 0 Å². The molecule has 1 aromatic carbocycles. The van der Waals surface area contributed by atoms with E-state index in [4.69, 9.17) is 9.47 Å². The fourth-order valence-corrected chi connectivity index (χ4v) is 3.40. The monoisotopic (exact) mass is 370 g/mol. The minimum Gasteiger partial charge on any atom is -0.459 e. The zero-order chi connectivity index (χ0) is 19.8. The van der Waals surface area contributed by atoms with Crippen LogP contribution in [0.25, 0.3) is 0 Å². The molecule has 0 saturated heterocycles. The molecule has 0 radical (unpaired) electrons. The fourth-order valence-electron chi connectivity index (χ4n) is 3.40. The van der Waals surface area contributed by atoms with Gasteiger partial charge in [0, 0.05) is 11.6 Å². The van der Waals surface area contributed by atoms with Crippen molar-refractivity contribution in [2.75, 3.05) is 0 Å². The zero-order valence-electron chi connectivity index (χ0n) is 15.7. The van der Waals surface area contributed by atoms with Crippen molar-refractivity contribution in [2.45, 2.75) is 51.2 Å². The normalized spacial score (nSPS) is 20.2. The Morgan fingerprint density at radius 3 is 2.15 bits per heavy atom. The molecule has 27 heavy (non-hydrogen) atoms. The van der Waals surface area contributed by atoms with Gasteiger partial charge in [-0.25, -0.2) is 9.59 Å². The highest BCUT2D eigenvalue weighted by Gasteiger charge is 2.30. The molecule has 2 rings (SSSR count). The summed E-state index contributed by atoms with van der Waals surface area (Å²) in [5, 5.41) is 0. The predicted molar refractivity (Wildman–Crippen MR) is 102 cm³/mol. The van der Waals surface area contributed by atoms with Gasteiger partial charge in [0.2, 0.25) is 0 Å². The van der Waals surface area contributed by atoms with Crippen molar-refractivity contribution in [2.24, 2.45) is 5.92 Å². The Morgan fingerprint density at radius 1 is 1.04 bits per heavy atom. The Balaban J connectivity index is 1.86. The number of rotatable bonds is 8. The van der Waals surface area contributed by atoms with Crippen LogP contribution in [-0.4, -0.2) is 29.9 Å². The van der Waals surface area contributed by atoms with Gasteiger partial charge in [0.25, 0.3) is 0 Å². The number of allylic oxidation sites excluding steroid dienone is 1. The highest BCUT2D eigenvalue weighted by Crippen LogP contribution is 2.31. The molecule has 0 aromatic heterocycles. The average Bonchev–Trinajstić information content (AvgIpc) is 2.71. The van der Waals surface area contributed by atoms with E-state index in [1.54, 1.807) is 24.3 Å². The summed E-state index contributed by atoms with van der Waals surface area (Å²) < 4.78 is 11.0. The van der Waals surface area contributed by atoms with E-state index in [1.165, 1.54) is 12.2 Å². The molecule has 0 N–H and O–H groups in total. The van der Waals surface area contributed by atoms with Gasteiger partial charge >= 0.3 is 11.9 Å². The molecule has 5 nitrogen and oxygen atoms in total. The molecule has 0 amide bonds. The number of hydrogen-bond acceptors (Lipinski definition) is 5. The third-order valence-corrected chi connectivity index (χ3v) is 4.95. The standard InChI is InChI=1S/C22H26O5/c1-4-19(23)15-7-9-17(10-8-15)22(25)26-18-13-11-16(12-14-18)20(5-2)27-21(24)6-3/h4,6-10,16,18,20H,1,3,5,11-14H2,2H3. The van der Waals surface area contributed by atoms with E-state index in [1.807, 2.05) is 6.92 Å². The lowest BCUT2D eigenvalue weighted by molar-refractivity contribution is -0.147. The second kappa shape index (κ2) is 9.86. The SMILES string of the molecule is C=CC(=O)OC(CC)C1CCC(OC(=O)c2ccc(C(=O)C=C)cc2)CC1. The molecule has 5 heteroatoms. The molecule has 1 fully saturated rings. The predicted octanol–water partition coefficient (Wildman–Crippen LogP) is 4.28. The van der Waals surface area contributed by atoms with Gasteiger partial charge in [-0.2, -0.15) is 0 Å². The quantitative estimate of drug-likeness (QED) is 0.388. The topological polar surface area (TPSA) is 69.7 Å². The molecular weight excluding hydrogens is 344 g/mol. The van der Waals surface area contributed by atoms with Crippen molar-refractivity contribution < 1.29 is 23.9 Å². The van der Waals surface area contributed by atoms with Crippen LogP contribution in [0, 0.1) is 5.92 Å². The minimum absolute atomic E-state index is 0.123. The Morgan fingerprint density at radius 2 is 1.63 bits per heavy atom. The second-order valence-electron chi connectivity index (χ2n) is 6.68. The van der Waals surface area contributed by atoms with Crippen LogP contribution in [0.2, 0.25) is 0 Å². The third-order valence-electron chi connectivity index (χ3n) is 4.95. The average molecular weight is 370 g/mol. The smallest absolute Gasteiger partial charge is 0.338 e. The van der Waals surface area contributed by atoms with Crippen LogP contribution < -0.4 is 0 Å². The first-order valence-electron chi connectivity index (χ1n) is 9.29. The highest BCUT2D eigenvalue weighted by atomic mass is 16.5. The van der Waals surface area contributed by atoms with Crippen molar-refractivity contribution in [3.05, 3.63) is 60.7 Å². The fraction of sp³-hybridized carbons (Fsp3) is 0.409. The molecule has 1 saturated carbocycles. The van der Waals surface area contributed by atoms with Gasteiger partial charge in [0.05, 0.1) is 5.56 Å². The number of carbonyl (C=O) groups excluding carboxylic acids is 3. The minimum atomic E-state index is -0.395. The van der Waals surface area contributed by atoms with Crippen LogP contribution in [0.4, 0.5) is 0 Å². The van der Waals surface area contributed by atoms with Crippen LogP contribution in [0.1, 0.15) is 59.7 Å². The Hall–Kier alpha value is -2.69. The van der Waals surface area contributed by atoms with E-state index >= 15 is 0 Å². The molecule has 144 valence electrons. The first kappa shape index (κ1) is 20.6. The van der Waals surface area contributed by atoms with Gasteiger partial charge in [-0.1, -0.05) is 32.2 Å². The maximum absolute atomic E-state index is 12.3. The Bertz CT molecular complexity index is 696. The van der Waals surface area contributed by atoms with Gasteiger partial charge in [0.1, 0.15) is 12.2 Å². The van der Waals surface area contributed by atoms with E-state index < -0.39 is 5.97 Å². The summed E-state index contributed by atoms with van der Waals surface area (Å²) in [7, 11) is 0. The molecule has 0 bridgehead atoms. The molecule has 1 aliphatic carbocycles. The van der Waals surface area contributed by atoms with E-state index in [0.29, 0.717) is 11.1 Å². The number of carbonyl (C=O) groups is 3. The Labute approximate surface area is 160 Å². The summed E-state index contributed by atoms with van der Waals surface area (Å²) >= 11 is 0. The van der Waals surface area contributed by atoms with Crippen molar-refractivity contribution >= 4 is 17.7 Å². The summed E-state index contributed by atoms with van der Waals surface area (Å²) in [5.74, 6) is -0.691. The number of esters is 2. The molecule has 1 aromatic rings. The number of ether oxygens (including phenoxy) is 2. The summed E-state index contributed by atoms with van der Waals surface area (Å²) in [5.41, 5.74) is 0.908. The van der Waals surface area contributed by atoms with Crippen molar-refractivity contribution in [1.29, 1.82) is 0 Å². The molecule has 1 atom stereocenters. The number of ketones is 1. The molecule has 0 aliphatic heterocycles. The Kier molecular flexibility index (Phi) is 7.53. The third kappa shape index (κ3) is 5.64. The van der Waals surface area contributed by atoms with Gasteiger partial charge in [0.15, 0.2) is 5.78 Å². The maximum atomic E-state index is 12.3. The van der Waals surface area contributed by atoms with Crippen LogP contribution >= 0.6 is 0 Å². The summed E-state index contributed by atoms with van der Waals surface area (Å²) in [6.07, 6.45) is 6.08. The van der Waals surface area contributed by atoms with Crippen LogP contribution in [-0.2, 0) is 14.3 Å². The van der Waals surface area contributed by atoms with Crippen molar-refractivity contribution in [3.8, 4) is 0 Å². The van der Waals surface area contributed by atoms with Crippen LogP contribution in [0.5, 0.6) is 0 Å². The molecular formula is C22H26O5. The lowest BCUT2D eigenvalue weighted by atomic mass is 9.83. The molecule has 1 unspecified atom stereocenters. The van der Waals surface area contributed by atoms with E-state index in [9.17, 15) is 14.4 Å². The van der Waals surface area contributed by atoms with Gasteiger partial charge in [-0.3, -0.25) is 4.79 Å². The number of hydrogen-bond donors (Lipinski definition) is 0. The number of benzene rings is 1. The van der Waals surface area contributed by atoms with E-state index in [-0.39, 0.29) is 29.9 Å². The zero-order valence-corrected chi connectivity index (χ0v) is 15.7. The van der Waals surface area contributed by atoms with E-state index in [2.05, 4.69) is 13.2 Å². The molecule has 0 heterocycles. The van der Waals surface area contributed by atoms with Crippen LogP contribution in [0.15, 0.2) is 49.6 Å². The first-order valence-corrected chi connectivity index (χ1v) is 9.29. The van der Waals surface area contributed by atoms with Crippen molar-refractivity contribution in [1.82, 2.24) is 0 Å². The molecule has 1 aliphatic rings.